The number of primary amides is 1. The van der Waals surface area contributed by atoms with Gasteiger partial charge in [-0.2, -0.15) is 0 Å². The molecule has 0 atom stereocenters. The summed E-state index contributed by atoms with van der Waals surface area (Å²) in [5.74, 6) is -0.868. The standard InChI is InChI=1S/C10H9N3O2S/c1-5-8(7-3-16-4-13-7)9(14)6(2-12-5)10(11)15/h2-4H,1H3,(H2,11,15)(H,12,14). The molecular formula is C10H9N3O2S. The molecule has 2 aromatic rings. The van der Waals surface area contributed by atoms with Gasteiger partial charge in [0.15, 0.2) is 0 Å². The summed E-state index contributed by atoms with van der Waals surface area (Å²) >= 11 is 1.40. The molecule has 0 saturated carbocycles. The number of rotatable bonds is 2. The Morgan fingerprint density at radius 3 is 2.81 bits per heavy atom. The summed E-state index contributed by atoms with van der Waals surface area (Å²) in [5, 5.41) is 11.7. The largest absolute Gasteiger partial charge is 0.506 e. The van der Waals surface area contributed by atoms with Crippen LogP contribution in [-0.4, -0.2) is 21.0 Å². The predicted octanol–water partition coefficient (Wildman–Crippen LogP) is 1.32. The third kappa shape index (κ3) is 1.63. The zero-order valence-corrected chi connectivity index (χ0v) is 9.28. The predicted molar refractivity (Wildman–Crippen MR) is 60.3 cm³/mol. The highest BCUT2D eigenvalue weighted by Gasteiger charge is 2.17. The lowest BCUT2D eigenvalue weighted by molar-refractivity contribution is 0.0997. The van der Waals surface area contributed by atoms with Gasteiger partial charge in [-0.15, -0.1) is 11.3 Å². The quantitative estimate of drug-likeness (QED) is 0.821. The monoisotopic (exact) mass is 235 g/mol. The molecule has 1 amide bonds. The topological polar surface area (TPSA) is 89.1 Å². The molecule has 6 heteroatoms. The second kappa shape index (κ2) is 3.90. The second-order valence-corrected chi connectivity index (χ2v) is 3.94. The minimum atomic E-state index is -0.707. The van der Waals surface area contributed by atoms with Crippen molar-refractivity contribution in [1.82, 2.24) is 9.97 Å². The molecule has 2 heterocycles. The Kier molecular flexibility index (Phi) is 2.57. The maximum absolute atomic E-state index is 11.1. The van der Waals surface area contributed by atoms with Crippen molar-refractivity contribution >= 4 is 17.2 Å². The Morgan fingerprint density at radius 2 is 2.25 bits per heavy atom. The first-order chi connectivity index (χ1) is 7.61. The first kappa shape index (κ1) is 10.6. The molecule has 5 nitrogen and oxygen atoms in total. The van der Waals surface area contributed by atoms with E-state index in [9.17, 15) is 9.90 Å². The minimum absolute atomic E-state index is 0.00796. The molecule has 0 radical (unpaired) electrons. The van der Waals surface area contributed by atoms with Crippen LogP contribution in [-0.2, 0) is 0 Å². The lowest BCUT2D eigenvalue weighted by atomic mass is 10.1. The summed E-state index contributed by atoms with van der Waals surface area (Å²) in [6, 6.07) is 0. The third-order valence-corrected chi connectivity index (χ3v) is 2.78. The number of carbonyl (C=O) groups excluding carboxylic acids is 1. The Labute approximate surface area is 95.6 Å². The van der Waals surface area contributed by atoms with Crippen molar-refractivity contribution in [2.45, 2.75) is 6.92 Å². The van der Waals surface area contributed by atoms with Gasteiger partial charge in [-0.05, 0) is 6.92 Å². The number of carbonyl (C=O) groups is 1. The number of hydrogen-bond acceptors (Lipinski definition) is 5. The number of nitrogens with two attached hydrogens (primary N) is 1. The number of pyridine rings is 1. The van der Waals surface area contributed by atoms with Crippen molar-refractivity contribution in [3.05, 3.63) is 28.3 Å². The molecule has 82 valence electrons. The lowest BCUT2D eigenvalue weighted by Gasteiger charge is -2.07. The Bertz CT molecular complexity index is 537. The molecule has 2 rings (SSSR count). The number of thiazole rings is 1. The average Bonchev–Trinajstić information content (AvgIpc) is 2.70. The van der Waals surface area contributed by atoms with Crippen molar-refractivity contribution in [3.63, 3.8) is 0 Å². The molecule has 0 aromatic carbocycles. The summed E-state index contributed by atoms with van der Waals surface area (Å²) in [4.78, 5) is 19.2. The number of amides is 1. The molecule has 0 saturated heterocycles. The van der Waals surface area contributed by atoms with Crippen LogP contribution in [0.25, 0.3) is 11.3 Å². The summed E-state index contributed by atoms with van der Waals surface area (Å²) in [7, 11) is 0. The summed E-state index contributed by atoms with van der Waals surface area (Å²) in [6.07, 6.45) is 1.27. The normalized spacial score (nSPS) is 10.3. The number of aromatic nitrogens is 2. The van der Waals surface area contributed by atoms with Crippen LogP contribution in [0.4, 0.5) is 0 Å². The van der Waals surface area contributed by atoms with E-state index in [1.54, 1.807) is 17.8 Å². The van der Waals surface area contributed by atoms with Gasteiger partial charge in [0.05, 0.1) is 28.0 Å². The third-order valence-electron chi connectivity index (χ3n) is 2.19. The molecular weight excluding hydrogens is 226 g/mol. The molecule has 0 spiro atoms. The maximum Gasteiger partial charge on any atom is 0.254 e. The van der Waals surface area contributed by atoms with Crippen molar-refractivity contribution in [1.29, 1.82) is 0 Å². The van der Waals surface area contributed by atoms with Crippen molar-refractivity contribution < 1.29 is 9.90 Å². The van der Waals surface area contributed by atoms with E-state index in [2.05, 4.69) is 9.97 Å². The van der Waals surface area contributed by atoms with Crippen LogP contribution in [0.5, 0.6) is 5.75 Å². The van der Waals surface area contributed by atoms with Gasteiger partial charge in [-0.3, -0.25) is 9.78 Å². The van der Waals surface area contributed by atoms with Crippen LogP contribution < -0.4 is 5.73 Å². The van der Waals surface area contributed by atoms with E-state index >= 15 is 0 Å². The van der Waals surface area contributed by atoms with Crippen LogP contribution in [0.3, 0.4) is 0 Å². The molecule has 0 aliphatic heterocycles. The molecule has 0 aliphatic rings. The second-order valence-electron chi connectivity index (χ2n) is 3.22. The van der Waals surface area contributed by atoms with E-state index in [4.69, 9.17) is 5.73 Å². The Balaban J connectivity index is 2.69. The van der Waals surface area contributed by atoms with Gasteiger partial charge >= 0.3 is 0 Å². The number of hydrogen-bond donors (Lipinski definition) is 2. The average molecular weight is 235 g/mol. The summed E-state index contributed by atoms with van der Waals surface area (Å²) in [6.45, 7) is 1.74. The van der Waals surface area contributed by atoms with Crippen LogP contribution in [0.15, 0.2) is 17.1 Å². The summed E-state index contributed by atoms with van der Waals surface area (Å²) < 4.78 is 0. The Hall–Kier alpha value is -1.95. The van der Waals surface area contributed by atoms with Crippen molar-refractivity contribution in [2.24, 2.45) is 5.73 Å². The van der Waals surface area contributed by atoms with Gasteiger partial charge in [0.25, 0.3) is 5.91 Å². The van der Waals surface area contributed by atoms with E-state index in [1.807, 2.05) is 0 Å². The van der Waals surface area contributed by atoms with Crippen LogP contribution in [0, 0.1) is 6.92 Å². The zero-order chi connectivity index (χ0) is 11.7. The number of nitrogens with zero attached hydrogens (tertiary/aromatic N) is 2. The zero-order valence-electron chi connectivity index (χ0n) is 8.47. The van der Waals surface area contributed by atoms with E-state index in [1.165, 1.54) is 17.5 Å². The van der Waals surface area contributed by atoms with Crippen LogP contribution >= 0.6 is 11.3 Å². The Morgan fingerprint density at radius 1 is 1.50 bits per heavy atom. The van der Waals surface area contributed by atoms with Crippen LogP contribution in [0.2, 0.25) is 0 Å². The lowest BCUT2D eigenvalue weighted by Crippen LogP contribution is -2.12. The molecule has 2 aromatic heterocycles. The molecule has 16 heavy (non-hydrogen) atoms. The molecule has 0 unspecified atom stereocenters. The van der Waals surface area contributed by atoms with E-state index in [0.29, 0.717) is 17.0 Å². The van der Waals surface area contributed by atoms with Crippen molar-refractivity contribution in [3.8, 4) is 17.0 Å². The molecule has 0 aliphatic carbocycles. The van der Waals surface area contributed by atoms with Crippen molar-refractivity contribution in [2.75, 3.05) is 0 Å². The van der Waals surface area contributed by atoms with Crippen LogP contribution in [0.1, 0.15) is 16.1 Å². The first-order valence-electron chi connectivity index (χ1n) is 4.48. The van der Waals surface area contributed by atoms with E-state index in [-0.39, 0.29) is 11.3 Å². The fraction of sp³-hybridized carbons (Fsp3) is 0.100. The van der Waals surface area contributed by atoms with Gasteiger partial charge < -0.3 is 10.8 Å². The number of aromatic hydroxyl groups is 1. The molecule has 0 fully saturated rings. The number of aryl methyl sites for hydroxylation is 1. The smallest absolute Gasteiger partial charge is 0.254 e. The SMILES string of the molecule is Cc1ncc(C(N)=O)c(O)c1-c1cscn1. The highest BCUT2D eigenvalue weighted by molar-refractivity contribution is 7.07. The minimum Gasteiger partial charge on any atom is -0.506 e. The maximum atomic E-state index is 11.1. The highest BCUT2D eigenvalue weighted by Crippen LogP contribution is 2.33. The van der Waals surface area contributed by atoms with Gasteiger partial charge in [0.1, 0.15) is 5.75 Å². The van der Waals surface area contributed by atoms with Gasteiger partial charge in [0.2, 0.25) is 0 Å². The first-order valence-corrected chi connectivity index (χ1v) is 5.42. The van der Waals surface area contributed by atoms with Gasteiger partial charge in [0, 0.05) is 11.6 Å². The van der Waals surface area contributed by atoms with E-state index in [0.717, 1.165) is 0 Å². The van der Waals surface area contributed by atoms with E-state index < -0.39 is 5.91 Å². The molecule has 0 bridgehead atoms. The summed E-state index contributed by atoms with van der Waals surface area (Å²) in [5.41, 5.74) is 8.44. The fourth-order valence-corrected chi connectivity index (χ4v) is 1.96. The fourth-order valence-electron chi connectivity index (χ4n) is 1.42. The molecule has 3 N–H and O–H groups in total. The highest BCUT2D eigenvalue weighted by atomic mass is 32.1. The van der Waals surface area contributed by atoms with Gasteiger partial charge in [-0.1, -0.05) is 0 Å². The van der Waals surface area contributed by atoms with Gasteiger partial charge in [-0.25, -0.2) is 4.98 Å².